The van der Waals surface area contributed by atoms with E-state index < -0.39 is 21.7 Å². The monoisotopic (exact) mass is 375 g/mol. The molecule has 0 aliphatic heterocycles. The molecule has 0 fully saturated rings. The average molecular weight is 375 g/mol. The van der Waals surface area contributed by atoms with Crippen molar-refractivity contribution in [2.75, 3.05) is 11.1 Å². The number of nitrogens with one attached hydrogen (secondary N) is 2. The molecule has 0 saturated heterocycles. The third-order valence-electron chi connectivity index (χ3n) is 3.00. The van der Waals surface area contributed by atoms with Crippen LogP contribution in [0.1, 0.15) is 51.5 Å². The molecule has 0 atom stereocenters. The fourth-order valence-corrected chi connectivity index (χ4v) is 2.90. The highest BCUT2D eigenvalue weighted by Gasteiger charge is 2.21. The van der Waals surface area contributed by atoms with Crippen molar-refractivity contribution >= 4 is 27.7 Å². The summed E-state index contributed by atoms with van der Waals surface area (Å²) in [6.45, 7) is 8.30. The number of aryl methyl sites for hydroxylation is 2. The van der Waals surface area contributed by atoms with Gasteiger partial charge in [0.25, 0.3) is 0 Å². The third kappa shape index (κ3) is 8.01. The van der Waals surface area contributed by atoms with E-state index in [1.165, 1.54) is 0 Å². The lowest BCUT2D eigenvalue weighted by Gasteiger charge is -2.19. The molecule has 0 aliphatic carbocycles. The van der Waals surface area contributed by atoms with Gasteiger partial charge in [0.2, 0.25) is 15.9 Å². The van der Waals surface area contributed by atoms with Crippen molar-refractivity contribution in [3.05, 3.63) is 11.5 Å². The first-order valence-electron chi connectivity index (χ1n) is 7.86. The van der Waals surface area contributed by atoms with Crippen molar-refractivity contribution in [2.45, 2.75) is 59.5 Å². The predicted octanol–water partition coefficient (Wildman–Crippen LogP) is 2.25. The van der Waals surface area contributed by atoms with Crippen LogP contribution in [0.3, 0.4) is 0 Å². The number of amides is 2. The molecular weight excluding hydrogens is 350 g/mol. The molecule has 0 spiro atoms. The minimum atomic E-state index is -3.80. The second-order valence-electron chi connectivity index (χ2n) is 6.63. The molecule has 0 bridgehead atoms. The quantitative estimate of drug-likeness (QED) is 0.700. The van der Waals surface area contributed by atoms with Gasteiger partial charge in [-0.2, -0.15) is 0 Å². The minimum Gasteiger partial charge on any atom is -0.443 e. The van der Waals surface area contributed by atoms with Gasteiger partial charge in [0.05, 0.1) is 5.75 Å². The van der Waals surface area contributed by atoms with Crippen LogP contribution in [0.4, 0.5) is 10.5 Å². The lowest BCUT2D eigenvalue weighted by atomic mass is 10.2. The fraction of sp³-hybridized carbons (Fsp3) is 0.667. The summed E-state index contributed by atoms with van der Waals surface area (Å²) in [5.41, 5.74) is 0.329. The summed E-state index contributed by atoms with van der Waals surface area (Å²) in [4.78, 5) is 23.3. The number of nitrogens with zero attached hydrogens (tertiary/aromatic N) is 1. The van der Waals surface area contributed by atoms with Crippen molar-refractivity contribution in [3.8, 4) is 0 Å². The van der Waals surface area contributed by atoms with Gasteiger partial charge >= 0.3 is 6.09 Å². The van der Waals surface area contributed by atoms with Crippen LogP contribution in [0, 0.1) is 13.8 Å². The summed E-state index contributed by atoms with van der Waals surface area (Å²) in [6.07, 6.45) is -0.285. The standard InChI is InChI=1S/C15H25N3O6S/c1-10-13(11(2)24-17-10)16-12(19)8-6-7-9-25(21,22)18-14(20)23-15(3,4)5/h6-9H2,1-5H3,(H,16,19)(H,18,20). The normalized spacial score (nSPS) is 11.9. The number of aromatic nitrogens is 1. The van der Waals surface area contributed by atoms with E-state index in [-0.39, 0.29) is 24.5 Å². The SMILES string of the molecule is Cc1noc(C)c1NC(=O)CCCCS(=O)(=O)NC(=O)OC(C)(C)C. The Labute approximate surface area is 147 Å². The van der Waals surface area contributed by atoms with E-state index in [1.807, 2.05) is 4.72 Å². The molecule has 10 heteroatoms. The van der Waals surface area contributed by atoms with Gasteiger partial charge in [-0.3, -0.25) is 4.79 Å². The Morgan fingerprint density at radius 3 is 2.36 bits per heavy atom. The third-order valence-corrected chi connectivity index (χ3v) is 4.31. The van der Waals surface area contributed by atoms with E-state index in [1.54, 1.807) is 34.6 Å². The van der Waals surface area contributed by atoms with Crippen molar-refractivity contribution in [3.63, 3.8) is 0 Å². The van der Waals surface area contributed by atoms with E-state index in [2.05, 4.69) is 10.5 Å². The molecule has 25 heavy (non-hydrogen) atoms. The average Bonchev–Trinajstić information content (AvgIpc) is 2.72. The first-order chi connectivity index (χ1) is 11.4. The number of ether oxygens (including phenoxy) is 1. The molecule has 0 aliphatic rings. The Morgan fingerprint density at radius 2 is 1.84 bits per heavy atom. The molecule has 1 aromatic rings. The Balaban J connectivity index is 2.34. The lowest BCUT2D eigenvalue weighted by Crippen LogP contribution is -2.37. The molecular formula is C15H25N3O6S. The molecule has 2 N–H and O–H groups in total. The van der Waals surface area contributed by atoms with E-state index in [0.29, 0.717) is 23.6 Å². The molecule has 142 valence electrons. The summed E-state index contributed by atoms with van der Waals surface area (Å²) in [7, 11) is -3.80. The van der Waals surface area contributed by atoms with E-state index in [4.69, 9.17) is 9.26 Å². The maximum absolute atomic E-state index is 11.9. The fourth-order valence-electron chi connectivity index (χ4n) is 1.92. The summed E-state index contributed by atoms with van der Waals surface area (Å²) in [5, 5.41) is 6.41. The Hall–Kier alpha value is -2.10. The number of sulfonamides is 1. The van der Waals surface area contributed by atoms with Crippen LogP contribution >= 0.6 is 0 Å². The number of unbranched alkanes of at least 4 members (excludes halogenated alkanes) is 1. The van der Waals surface area contributed by atoms with Crippen LogP contribution in [0.2, 0.25) is 0 Å². The zero-order valence-electron chi connectivity index (χ0n) is 15.1. The Kier molecular flexibility index (Phi) is 6.97. The Bertz CT molecular complexity index is 699. The summed E-state index contributed by atoms with van der Waals surface area (Å²) >= 11 is 0. The van der Waals surface area contributed by atoms with Crippen LogP contribution < -0.4 is 10.0 Å². The number of anilines is 1. The topological polar surface area (TPSA) is 128 Å². The maximum Gasteiger partial charge on any atom is 0.421 e. The highest BCUT2D eigenvalue weighted by Crippen LogP contribution is 2.19. The van der Waals surface area contributed by atoms with Crippen molar-refractivity contribution in [2.24, 2.45) is 0 Å². The predicted molar refractivity (Wildman–Crippen MR) is 91.6 cm³/mol. The van der Waals surface area contributed by atoms with Crippen LogP contribution in [-0.2, 0) is 19.6 Å². The largest absolute Gasteiger partial charge is 0.443 e. The van der Waals surface area contributed by atoms with Gasteiger partial charge in [-0.1, -0.05) is 5.16 Å². The summed E-state index contributed by atoms with van der Waals surface area (Å²) < 4.78 is 35.2. The van der Waals surface area contributed by atoms with Gasteiger partial charge in [-0.25, -0.2) is 17.9 Å². The van der Waals surface area contributed by atoms with Gasteiger partial charge in [-0.05, 0) is 47.5 Å². The molecule has 1 heterocycles. The summed E-state index contributed by atoms with van der Waals surface area (Å²) in [6, 6.07) is 0. The van der Waals surface area contributed by atoms with E-state index >= 15 is 0 Å². The molecule has 0 saturated carbocycles. The van der Waals surface area contributed by atoms with Gasteiger partial charge in [0, 0.05) is 6.42 Å². The molecule has 1 aromatic heterocycles. The number of hydrogen-bond acceptors (Lipinski definition) is 7. The van der Waals surface area contributed by atoms with Crippen molar-refractivity contribution in [1.29, 1.82) is 0 Å². The molecule has 9 nitrogen and oxygen atoms in total. The zero-order chi connectivity index (χ0) is 19.3. The van der Waals surface area contributed by atoms with Crippen LogP contribution in [-0.4, -0.2) is 36.9 Å². The van der Waals surface area contributed by atoms with Crippen molar-refractivity contribution in [1.82, 2.24) is 9.88 Å². The number of carbonyl (C=O) groups is 2. The number of hydrogen-bond donors (Lipinski definition) is 2. The molecule has 1 rings (SSSR count). The second kappa shape index (κ2) is 8.32. The molecule has 2 amide bonds. The Morgan fingerprint density at radius 1 is 1.20 bits per heavy atom. The highest BCUT2D eigenvalue weighted by atomic mass is 32.2. The van der Waals surface area contributed by atoms with Gasteiger partial charge in [0.1, 0.15) is 17.0 Å². The van der Waals surface area contributed by atoms with E-state index in [0.717, 1.165) is 0 Å². The molecule has 0 aromatic carbocycles. The number of rotatable bonds is 7. The van der Waals surface area contributed by atoms with E-state index in [9.17, 15) is 18.0 Å². The molecule has 0 unspecified atom stereocenters. The zero-order valence-corrected chi connectivity index (χ0v) is 15.9. The smallest absolute Gasteiger partial charge is 0.421 e. The summed E-state index contributed by atoms with van der Waals surface area (Å²) in [5.74, 6) is -0.0212. The molecule has 0 radical (unpaired) electrons. The maximum atomic E-state index is 11.9. The second-order valence-corrected chi connectivity index (χ2v) is 8.47. The van der Waals surface area contributed by atoms with Crippen molar-refractivity contribution < 1.29 is 27.3 Å². The van der Waals surface area contributed by atoms with Gasteiger partial charge in [0.15, 0.2) is 5.76 Å². The first kappa shape index (κ1) is 20.9. The van der Waals surface area contributed by atoms with Crippen LogP contribution in [0.25, 0.3) is 0 Å². The minimum absolute atomic E-state index is 0.145. The highest BCUT2D eigenvalue weighted by molar-refractivity contribution is 7.90. The first-order valence-corrected chi connectivity index (χ1v) is 9.51. The van der Waals surface area contributed by atoms with Gasteiger partial charge < -0.3 is 14.6 Å². The lowest BCUT2D eigenvalue weighted by molar-refractivity contribution is -0.116. The number of carbonyl (C=O) groups excluding carboxylic acids is 2. The van der Waals surface area contributed by atoms with Crippen LogP contribution in [0.15, 0.2) is 4.52 Å². The van der Waals surface area contributed by atoms with Crippen LogP contribution in [0.5, 0.6) is 0 Å². The van der Waals surface area contributed by atoms with Gasteiger partial charge in [-0.15, -0.1) is 0 Å².